The molecule has 1 aliphatic heterocycles. The monoisotopic (exact) mass is 401 g/mol. The van der Waals surface area contributed by atoms with E-state index < -0.39 is 17.0 Å². The molecule has 8 heteroatoms. The number of nitriles is 1. The van der Waals surface area contributed by atoms with Crippen LogP contribution in [0.5, 0.6) is 0 Å². The highest BCUT2D eigenvalue weighted by Gasteiger charge is 2.40. The topological polar surface area (TPSA) is 87.2 Å². The van der Waals surface area contributed by atoms with Crippen LogP contribution < -0.4 is 10.6 Å². The number of benzene rings is 2. The molecule has 2 amide bonds. The number of carbonyl (C=O) groups is 2. The summed E-state index contributed by atoms with van der Waals surface area (Å²) in [5.41, 5.74) is 6.10. The van der Waals surface area contributed by atoms with Crippen LogP contribution in [0.2, 0.25) is 5.02 Å². The standard InChI is InChI=1S/C19H13ClFN3O2S/c20-15-4-2-1-3-11(15)9-16-18(26)24(13-7-5-12(21)6-8-13)19(27-16)14(10-22)17(23)25/h1-8,16H,9H2,(H2,23,25). The largest absolute Gasteiger partial charge is 0.365 e. The van der Waals surface area contributed by atoms with E-state index in [1.54, 1.807) is 24.3 Å². The zero-order valence-corrected chi connectivity index (χ0v) is 15.4. The van der Waals surface area contributed by atoms with Crippen LogP contribution in [-0.4, -0.2) is 17.1 Å². The molecule has 1 atom stereocenters. The molecular weight excluding hydrogens is 389 g/mol. The molecule has 1 heterocycles. The molecule has 0 aliphatic carbocycles. The predicted molar refractivity (Wildman–Crippen MR) is 102 cm³/mol. The molecule has 0 aromatic heterocycles. The SMILES string of the molecule is N#CC(C(N)=O)=C1SC(Cc2ccccc2Cl)C(=O)N1c1ccc(F)cc1. The van der Waals surface area contributed by atoms with E-state index in [0.29, 0.717) is 17.1 Å². The van der Waals surface area contributed by atoms with Crippen molar-refractivity contribution in [2.24, 2.45) is 5.73 Å². The third-order valence-corrected chi connectivity index (χ3v) is 5.60. The van der Waals surface area contributed by atoms with Crippen LogP contribution in [0, 0.1) is 17.1 Å². The van der Waals surface area contributed by atoms with Gasteiger partial charge in [0.2, 0.25) is 5.91 Å². The van der Waals surface area contributed by atoms with Crippen molar-refractivity contribution < 1.29 is 14.0 Å². The first-order valence-corrected chi connectivity index (χ1v) is 9.12. The van der Waals surface area contributed by atoms with Gasteiger partial charge in [-0.3, -0.25) is 14.5 Å². The fourth-order valence-corrected chi connectivity index (χ4v) is 4.20. The number of halogens is 2. The lowest BCUT2D eigenvalue weighted by Gasteiger charge is -2.18. The zero-order chi connectivity index (χ0) is 19.6. The lowest BCUT2D eigenvalue weighted by atomic mass is 10.1. The molecule has 0 spiro atoms. The lowest BCUT2D eigenvalue weighted by Crippen LogP contribution is -2.31. The third-order valence-electron chi connectivity index (χ3n) is 3.97. The molecule has 27 heavy (non-hydrogen) atoms. The molecule has 2 aromatic carbocycles. The first-order chi connectivity index (χ1) is 12.9. The molecule has 1 unspecified atom stereocenters. The smallest absolute Gasteiger partial charge is 0.262 e. The van der Waals surface area contributed by atoms with Crippen LogP contribution in [0.3, 0.4) is 0 Å². The van der Waals surface area contributed by atoms with Crippen molar-refractivity contribution >= 4 is 40.9 Å². The molecule has 5 nitrogen and oxygen atoms in total. The van der Waals surface area contributed by atoms with E-state index >= 15 is 0 Å². The number of hydrogen-bond donors (Lipinski definition) is 1. The van der Waals surface area contributed by atoms with Crippen molar-refractivity contribution in [2.75, 3.05) is 4.90 Å². The molecule has 0 radical (unpaired) electrons. The van der Waals surface area contributed by atoms with Crippen LogP contribution in [0.1, 0.15) is 5.56 Å². The maximum absolute atomic E-state index is 13.3. The Balaban J connectivity index is 2.05. The summed E-state index contributed by atoms with van der Waals surface area (Å²) in [7, 11) is 0. The number of nitrogens with zero attached hydrogens (tertiary/aromatic N) is 2. The number of nitrogens with two attached hydrogens (primary N) is 1. The summed E-state index contributed by atoms with van der Waals surface area (Å²) in [6.45, 7) is 0. The average Bonchev–Trinajstić information content (AvgIpc) is 2.94. The zero-order valence-electron chi connectivity index (χ0n) is 13.9. The van der Waals surface area contributed by atoms with Gasteiger partial charge in [-0.1, -0.05) is 41.6 Å². The Bertz CT molecular complexity index is 985. The number of hydrogen-bond acceptors (Lipinski definition) is 4. The summed E-state index contributed by atoms with van der Waals surface area (Å²) in [6.07, 6.45) is 0.307. The molecule has 1 fully saturated rings. The fourth-order valence-electron chi connectivity index (χ4n) is 2.69. The molecule has 2 aromatic rings. The van der Waals surface area contributed by atoms with Gasteiger partial charge in [0, 0.05) is 10.7 Å². The fraction of sp³-hybridized carbons (Fsp3) is 0.105. The second kappa shape index (κ2) is 7.82. The molecule has 136 valence electrons. The minimum absolute atomic E-state index is 0.138. The summed E-state index contributed by atoms with van der Waals surface area (Å²) >= 11 is 7.25. The van der Waals surface area contributed by atoms with Crippen molar-refractivity contribution in [3.8, 4) is 6.07 Å². The van der Waals surface area contributed by atoms with Gasteiger partial charge in [-0.2, -0.15) is 5.26 Å². The second-order valence-electron chi connectivity index (χ2n) is 5.71. The highest BCUT2D eigenvalue weighted by Crippen LogP contribution is 2.42. The summed E-state index contributed by atoms with van der Waals surface area (Å²) in [5.74, 6) is -1.74. The minimum atomic E-state index is -0.932. The number of rotatable bonds is 4. The van der Waals surface area contributed by atoms with Gasteiger partial charge >= 0.3 is 0 Å². The molecule has 0 saturated carbocycles. The van der Waals surface area contributed by atoms with Gasteiger partial charge in [-0.25, -0.2) is 4.39 Å². The highest BCUT2D eigenvalue weighted by atomic mass is 35.5. The molecule has 2 N–H and O–H groups in total. The van der Waals surface area contributed by atoms with E-state index in [4.69, 9.17) is 17.3 Å². The summed E-state index contributed by atoms with van der Waals surface area (Å²) < 4.78 is 13.3. The lowest BCUT2D eigenvalue weighted by molar-refractivity contribution is -0.117. The van der Waals surface area contributed by atoms with Crippen molar-refractivity contribution in [1.29, 1.82) is 5.26 Å². The van der Waals surface area contributed by atoms with Crippen molar-refractivity contribution in [1.82, 2.24) is 0 Å². The predicted octanol–water partition coefficient (Wildman–Crippen LogP) is 3.39. The maximum atomic E-state index is 13.3. The van der Waals surface area contributed by atoms with Gasteiger partial charge in [0.1, 0.15) is 22.5 Å². The van der Waals surface area contributed by atoms with E-state index in [-0.39, 0.29) is 16.5 Å². The van der Waals surface area contributed by atoms with Crippen LogP contribution in [0.15, 0.2) is 59.1 Å². The molecule has 0 bridgehead atoms. The Morgan fingerprint density at radius 2 is 1.93 bits per heavy atom. The van der Waals surface area contributed by atoms with Crippen molar-refractivity contribution in [2.45, 2.75) is 11.7 Å². The van der Waals surface area contributed by atoms with E-state index in [2.05, 4.69) is 0 Å². The average molecular weight is 402 g/mol. The van der Waals surface area contributed by atoms with Gasteiger partial charge < -0.3 is 5.73 Å². The van der Waals surface area contributed by atoms with Gasteiger partial charge in [-0.05, 0) is 42.3 Å². The number of thioether (sulfide) groups is 1. The van der Waals surface area contributed by atoms with Crippen LogP contribution in [0.25, 0.3) is 0 Å². The number of carbonyl (C=O) groups excluding carboxylic acids is 2. The normalized spacial score (nSPS) is 18.3. The third kappa shape index (κ3) is 3.82. The molecule has 1 aliphatic rings. The van der Waals surface area contributed by atoms with E-state index in [0.717, 1.165) is 17.3 Å². The second-order valence-corrected chi connectivity index (χ2v) is 7.31. The Labute approximate surface area is 164 Å². The van der Waals surface area contributed by atoms with Crippen LogP contribution in [0.4, 0.5) is 10.1 Å². The van der Waals surface area contributed by atoms with Gasteiger partial charge in [-0.15, -0.1) is 0 Å². The van der Waals surface area contributed by atoms with E-state index in [9.17, 15) is 19.2 Å². The van der Waals surface area contributed by atoms with Gasteiger partial charge in [0.05, 0.1) is 5.25 Å². The first kappa shape index (κ1) is 19.0. The Kier molecular flexibility index (Phi) is 5.49. The van der Waals surface area contributed by atoms with E-state index in [1.807, 2.05) is 6.07 Å². The minimum Gasteiger partial charge on any atom is -0.365 e. The maximum Gasteiger partial charge on any atom is 0.262 e. The molecule has 1 saturated heterocycles. The van der Waals surface area contributed by atoms with E-state index in [1.165, 1.54) is 29.2 Å². The van der Waals surface area contributed by atoms with Crippen LogP contribution in [-0.2, 0) is 16.0 Å². The van der Waals surface area contributed by atoms with Gasteiger partial charge in [0.15, 0.2) is 0 Å². The Hall–Kier alpha value is -2.82. The first-order valence-electron chi connectivity index (χ1n) is 7.86. The number of anilines is 1. The summed E-state index contributed by atoms with van der Waals surface area (Å²) in [5, 5.41) is 9.38. The van der Waals surface area contributed by atoms with Gasteiger partial charge in [0.25, 0.3) is 5.91 Å². The summed E-state index contributed by atoms with van der Waals surface area (Å²) in [4.78, 5) is 25.9. The molecule has 3 rings (SSSR count). The molecular formula is C19H13ClFN3O2S. The summed E-state index contributed by atoms with van der Waals surface area (Å²) in [6, 6.07) is 14.1. The Morgan fingerprint density at radius 3 is 2.52 bits per heavy atom. The highest BCUT2D eigenvalue weighted by molar-refractivity contribution is 8.05. The van der Waals surface area contributed by atoms with Crippen molar-refractivity contribution in [3.05, 3.63) is 75.5 Å². The van der Waals surface area contributed by atoms with Crippen LogP contribution >= 0.6 is 23.4 Å². The Morgan fingerprint density at radius 1 is 1.26 bits per heavy atom. The number of primary amides is 1. The quantitative estimate of drug-likeness (QED) is 0.628. The van der Waals surface area contributed by atoms with Crippen molar-refractivity contribution in [3.63, 3.8) is 0 Å². The number of amides is 2.